The molecule has 0 atom stereocenters. The predicted molar refractivity (Wildman–Crippen MR) is 153 cm³/mol. The molecule has 0 unspecified atom stereocenters. The zero-order valence-electron chi connectivity index (χ0n) is 21.8. The highest BCUT2D eigenvalue weighted by Crippen LogP contribution is 2.57. The summed E-state index contributed by atoms with van der Waals surface area (Å²) in [7, 11) is 0. The molecule has 2 aromatic carbocycles. The molecule has 3 N–H and O–H groups in total. The Hall–Kier alpha value is -4.53. The van der Waals surface area contributed by atoms with Crippen LogP contribution in [0.2, 0.25) is 0 Å². The summed E-state index contributed by atoms with van der Waals surface area (Å²) in [4.78, 5) is 14.6. The van der Waals surface area contributed by atoms with Gasteiger partial charge in [0.25, 0.3) is 0 Å². The fourth-order valence-electron chi connectivity index (χ4n) is 6.28. The van der Waals surface area contributed by atoms with Crippen LogP contribution < -0.4 is 5.73 Å². The lowest BCUT2D eigenvalue weighted by atomic mass is 9.60. The molecule has 2 aliphatic rings. The van der Waals surface area contributed by atoms with Crippen LogP contribution in [0.25, 0.3) is 50.7 Å². The van der Waals surface area contributed by atoms with E-state index >= 15 is 0 Å². The van der Waals surface area contributed by atoms with E-state index in [1.54, 1.807) is 12.4 Å². The molecular formula is C32H27N7O. The van der Waals surface area contributed by atoms with E-state index in [0.717, 1.165) is 52.0 Å². The Balaban J connectivity index is 1.27. The fraction of sp³-hybridized carbons (Fsp3) is 0.219. The highest BCUT2D eigenvalue weighted by atomic mass is 16.3. The van der Waals surface area contributed by atoms with Gasteiger partial charge in [-0.2, -0.15) is 0 Å². The van der Waals surface area contributed by atoms with Gasteiger partial charge >= 0.3 is 0 Å². The Bertz CT molecular complexity index is 1870. The van der Waals surface area contributed by atoms with Crippen LogP contribution in [0.4, 0.5) is 0 Å². The number of fused-ring (bicyclic) bond motifs is 3. The normalized spacial score (nSPS) is 22.4. The fourth-order valence-corrected chi connectivity index (χ4v) is 6.28. The van der Waals surface area contributed by atoms with Gasteiger partial charge in [-0.3, -0.25) is 9.38 Å². The molecule has 0 aliphatic heterocycles. The molecule has 8 nitrogen and oxygen atoms in total. The third kappa shape index (κ3) is 3.64. The average molecular weight is 526 g/mol. The van der Waals surface area contributed by atoms with Crippen molar-refractivity contribution in [2.24, 2.45) is 11.7 Å². The number of hydrogen-bond acceptors (Lipinski definition) is 7. The van der Waals surface area contributed by atoms with E-state index in [-0.39, 0.29) is 0 Å². The SMILES string of the molecule is N[C@]1(c2ccc(-c3nc4ccc5nnc(-c6cccnc6)n5c4nc3-c3ccccc3)cc2)C[C@](O)(C2CC2)C1. The van der Waals surface area contributed by atoms with Crippen molar-refractivity contribution in [2.75, 3.05) is 0 Å². The smallest absolute Gasteiger partial charge is 0.171 e. The number of aliphatic hydroxyl groups is 1. The average Bonchev–Trinajstić information content (AvgIpc) is 3.76. The zero-order chi connectivity index (χ0) is 26.9. The van der Waals surface area contributed by atoms with Crippen molar-refractivity contribution in [1.29, 1.82) is 0 Å². The van der Waals surface area contributed by atoms with E-state index in [1.165, 1.54) is 0 Å². The number of pyridine rings is 2. The molecule has 196 valence electrons. The van der Waals surface area contributed by atoms with E-state index in [1.807, 2.05) is 59.0 Å². The summed E-state index contributed by atoms with van der Waals surface area (Å²) in [5.41, 5.74) is 13.1. The molecule has 0 saturated heterocycles. The van der Waals surface area contributed by atoms with E-state index < -0.39 is 11.1 Å². The second kappa shape index (κ2) is 8.48. The van der Waals surface area contributed by atoms with Crippen LogP contribution in [0.1, 0.15) is 31.2 Å². The third-order valence-electron chi connectivity index (χ3n) is 8.47. The molecule has 40 heavy (non-hydrogen) atoms. The van der Waals surface area contributed by atoms with Crippen LogP contribution in [-0.2, 0) is 5.54 Å². The molecule has 0 radical (unpaired) electrons. The van der Waals surface area contributed by atoms with Gasteiger partial charge in [-0.25, -0.2) is 9.97 Å². The minimum atomic E-state index is -0.597. The van der Waals surface area contributed by atoms with Crippen molar-refractivity contribution in [3.8, 4) is 33.9 Å². The molecule has 6 aromatic rings. The maximum Gasteiger partial charge on any atom is 0.171 e. The summed E-state index contributed by atoms with van der Waals surface area (Å²) in [6, 6.07) is 26.1. The van der Waals surface area contributed by atoms with E-state index in [4.69, 9.17) is 15.7 Å². The van der Waals surface area contributed by atoms with Gasteiger partial charge in [-0.15, -0.1) is 10.2 Å². The first-order valence-electron chi connectivity index (χ1n) is 13.6. The molecule has 8 heteroatoms. The van der Waals surface area contributed by atoms with Crippen molar-refractivity contribution in [1.82, 2.24) is 29.5 Å². The summed E-state index contributed by atoms with van der Waals surface area (Å²) in [5.74, 6) is 1.08. The lowest BCUT2D eigenvalue weighted by Crippen LogP contribution is -2.60. The summed E-state index contributed by atoms with van der Waals surface area (Å²) in [6.07, 6.45) is 6.96. The van der Waals surface area contributed by atoms with Gasteiger partial charge in [0.2, 0.25) is 0 Å². The van der Waals surface area contributed by atoms with Crippen molar-refractivity contribution >= 4 is 16.8 Å². The quantitative estimate of drug-likeness (QED) is 0.320. The van der Waals surface area contributed by atoms with Crippen LogP contribution in [0.3, 0.4) is 0 Å². The summed E-state index contributed by atoms with van der Waals surface area (Å²) in [5, 5.41) is 19.7. The maximum atomic E-state index is 10.9. The van der Waals surface area contributed by atoms with Crippen molar-refractivity contribution in [2.45, 2.75) is 36.8 Å². The maximum absolute atomic E-state index is 10.9. The number of nitrogens with two attached hydrogens (primary N) is 1. The van der Waals surface area contributed by atoms with Gasteiger partial charge in [0, 0.05) is 34.6 Å². The number of nitrogens with zero attached hydrogens (tertiary/aromatic N) is 6. The molecule has 0 bridgehead atoms. The van der Waals surface area contributed by atoms with Gasteiger partial charge < -0.3 is 10.8 Å². The number of rotatable bonds is 5. The highest BCUT2D eigenvalue weighted by molar-refractivity contribution is 5.87. The molecule has 4 aromatic heterocycles. The van der Waals surface area contributed by atoms with Gasteiger partial charge in [0.05, 0.1) is 17.0 Å². The standard InChI is InChI=1S/C32H27N7O/c33-31(18-32(40,19-31)24-12-13-24)23-10-8-21(9-11-23)27-28(20-5-2-1-3-6-20)36-30-25(35-27)14-15-26-37-38-29(39(26)30)22-7-4-16-34-17-22/h1-11,14-17,24,40H,12-13,18-19,33H2/t31-,32-. The van der Waals surface area contributed by atoms with Gasteiger partial charge in [0.15, 0.2) is 17.1 Å². The van der Waals surface area contributed by atoms with Crippen LogP contribution >= 0.6 is 0 Å². The van der Waals surface area contributed by atoms with Crippen LogP contribution in [-0.4, -0.2) is 40.3 Å². The van der Waals surface area contributed by atoms with Gasteiger partial charge in [-0.05, 0) is 61.4 Å². The number of aromatic nitrogens is 6. The number of benzene rings is 2. The lowest BCUT2D eigenvalue weighted by molar-refractivity contribution is -0.106. The monoisotopic (exact) mass is 525 g/mol. The lowest BCUT2D eigenvalue weighted by Gasteiger charge is -2.52. The summed E-state index contributed by atoms with van der Waals surface area (Å²) in [6.45, 7) is 0. The van der Waals surface area contributed by atoms with E-state index in [0.29, 0.717) is 35.9 Å². The first kappa shape index (κ1) is 23.4. The van der Waals surface area contributed by atoms with Crippen molar-refractivity contribution in [3.05, 3.63) is 96.8 Å². The minimum Gasteiger partial charge on any atom is -0.389 e. The van der Waals surface area contributed by atoms with Gasteiger partial charge in [-0.1, -0.05) is 54.6 Å². The Morgan fingerprint density at radius 3 is 2.23 bits per heavy atom. The Morgan fingerprint density at radius 2 is 1.50 bits per heavy atom. The second-order valence-corrected chi connectivity index (χ2v) is 11.3. The van der Waals surface area contributed by atoms with E-state index in [2.05, 4.69) is 39.4 Å². The Morgan fingerprint density at radius 1 is 0.775 bits per heavy atom. The molecule has 8 rings (SSSR count). The topological polar surface area (TPSA) is 115 Å². The summed E-state index contributed by atoms with van der Waals surface area (Å²) < 4.78 is 1.94. The largest absolute Gasteiger partial charge is 0.389 e. The molecule has 4 heterocycles. The zero-order valence-corrected chi connectivity index (χ0v) is 21.8. The van der Waals surface area contributed by atoms with Crippen LogP contribution in [0.15, 0.2) is 91.3 Å². The van der Waals surface area contributed by atoms with Gasteiger partial charge in [0.1, 0.15) is 5.52 Å². The van der Waals surface area contributed by atoms with E-state index in [9.17, 15) is 5.11 Å². The van der Waals surface area contributed by atoms with Crippen LogP contribution in [0.5, 0.6) is 0 Å². The first-order chi connectivity index (χ1) is 19.5. The first-order valence-corrected chi connectivity index (χ1v) is 13.6. The molecule has 2 saturated carbocycles. The second-order valence-electron chi connectivity index (χ2n) is 11.3. The molecular weight excluding hydrogens is 498 g/mol. The van der Waals surface area contributed by atoms with Crippen molar-refractivity contribution < 1.29 is 5.11 Å². The molecule has 0 spiro atoms. The van der Waals surface area contributed by atoms with Crippen LogP contribution in [0, 0.1) is 5.92 Å². The Kier molecular flexibility index (Phi) is 4.96. The minimum absolute atomic E-state index is 0.417. The summed E-state index contributed by atoms with van der Waals surface area (Å²) >= 11 is 0. The predicted octanol–water partition coefficient (Wildman–Crippen LogP) is 5.16. The molecule has 0 amide bonds. The molecule has 2 fully saturated rings. The van der Waals surface area contributed by atoms with Crippen molar-refractivity contribution in [3.63, 3.8) is 0 Å². The number of hydrogen-bond donors (Lipinski definition) is 2. The molecule has 2 aliphatic carbocycles. The highest BCUT2D eigenvalue weighted by Gasteiger charge is 2.58. The third-order valence-corrected chi connectivity index (χ3v) is 8.47. The Labute approximate surface area is 230 Å².